The largest absolute Gasteiger partial charge is 0.277 e. The SMILES string of the molecule is Cc1nn(C)c2c1nc(C(C)Cl)n2-c1ccccc1F. The van der Waals surface area contributed by atoms with E-state index in [2.05, 4.69) is 10.1 Å². The Labute approximate surface area is 120 Å². The van der Waals surface area contributed by atoms with Crippen LogP contribution in [-0.2, 0) is 7.05 Å². The number of nitrogens with zero attached hydrogens (tertiary/aromatic N) is 4. The monoisotopic (exact) mass is 292 g/mol. The van der Waals surface area contributed by atoms with E-state index in [0.717, 1.165) is 16.9 Å². The summed E-state index contributed by atoms with van der Waals surface area (Å²) in [6.45, 7) is 3.70. The molecular formula is C14H14ClFN4. The normalized spacial score (nSPS) is 13.1. The molecule has 0 saturated heterocycles. The van der Waals surface area contributed by atoms with Crippen molar-refractivity contribution in [2.75, 3.05) is 0 Å². The van der Waals surface area contributed by atoms with Crippen LogP contribution in [-0.4, -0.2) is 19.3 Å². The molecule has 6 heteroatoms. The van der Waals surface area contributed by atoms with Gasteiger partial charge in [-0.25, -0.2) is 14.1 Å². The molecular weight excluding hydrogens is 279 g/mol. The number of aromatic nitrogens is 4. The molecule has 2 heterocycles. The lowest BCUT2D eigenvalue weighted by atomic mass is 10.3. The molecule has 0 aliphatic heterocycles. The molecule has 0 radical (unpaired) electrons. The standard InChI is InChI=1S/C14H14ClFN4/c1-8(15)13-17-12-9(2)18-19(3)14(12)20(13)11-7-5-4-6-10(11)16/h4-8H,1-3H3. The van der Waals surface area contributed by atoms with Crippen molar-refractivity contribution < 1.29 is 4.39 Å². The molecule has 1 atom stereocenters. The Morgan fingerprint density at radius 2 is 2.00 bits per heavy atom. The van der Waals surface area contributed by atoms with Gasteiger partial charge in [-0.2, -0.15) is 5.10 Å². The maximum absolute atomic E-state index is 14.1. The first kappa shape index (κ1) is 13.1. The lowest BCUT2D eigenvalue weighted by Crippen LogP contribution is -2.07. The van der Waals surface area contributed by atoms with Gasteiger partial charge in [0.15, 0.2) is 5.65 Å². The molecule has 0 N–H and O–H groups in total. The van der Waals surface area contributed by atoms with Gasteiger partial charge >= 0.3 is 0 Å². The lowest BCUT2D eigenvalue weighted by Gasteiger charge is -2.11. The van der Waals surface area contributed by atoms with E-state index in [1.165, 1.54) is 6.07 Å². The Hall–Kier alpha value is -1.88. The number of halogens is 2. The van der Waals surface area contributed by atoms with Crippen molar-refractivity contribution in [3.8, 4) is 5.69 Å². The molecule has 0 saturated carbocycles. The average molecular weight is 293 g/mol. The van der Waals surface area contributed by atoms with Gasteiger partial charge in [0.05, 0.1) is 16.8 Å². The van der Waals surface area contributed by atoms with Crippen LogP contribution in [0.5, 0.6) is 0 Å². The molecule has 0 aliphatic rings. The third-order valence-electron chi connectivity index (χ3n) is 3.28. The third kappa shape index (κ3) is 1.81. The Bertz CT molecular complexity index is 788. The van der Waals surface area contributed by atoms with Crippen LogP contribution in [0.2, 0.25) is 0 Å². The minimum Gasteiger partial charge on any atom is -0.277 e. The van der Waals surface area contributed by atoms with Crippen molar-refractivity contribution >= 4 is 22.8 Å². The third-order valence-corrected chi connectivity index (χ3v) is 3.47. The van der Waals surface area contributed by atoms with Crippen molar-refractivity contribution in [3.05, 3.63) is 41.6 Å². The fourth-order valence-corrected chi connectivity index (χ4v) is 2.57. The molecule has 1 aromatic carbocycles. The summed E-state index contributed by atoms with van der Waals surface area (Å²) in [5.74, 6) is 0.298. The summed E-state index contributed by atoms with van der Waals surface area (Å²) in [6.07, 6.45) is 0. The summed E-state index contributed by atoms with van der Waals surface area (Å²) in [5.41, 5.74) is 2.73. The summed E-state index contributed by atoms with van der Waals surface area (Å²) in [5, 5.41) is 4.00. The topological polar surface area (TPSA) is 35.6 Å². The number of fused-ring (bicyclic) bond motifs is 1. The van der Waals surface area contributed by atoms with E-state index in [0.29, 0.717) is 11.5 Å². The zero-order chi connectivity index (χ0) is 14.4. The highest BCUT2D eigenvalue weighted by atomic mass is 35.5. The fraction of sp³-hybridized carbons (Fsp3) is 0.286. The first-order valence-corrected chi connectivity index (χ1v) is 6.75. The maximum atomic E-state index is 14.1. The summed E-state index contributed by atoms with van der Waals surface area (Å²) in [6, 6.07) is 6.58. The number of aryl methyl sites for hydroxylation is 2. The molecule has 1 unspecified atom stereocenters. The van der Waals surface area contributed by atoms with Crippen LogP contribution in [0.25, 0.3) is 16.9 Å². The highest BCUT2D eigenvalue weighted by Gasteiger charge is 2.22. The van der Waals surface area contributed by atoms with Crippen LogP contribution in [0.3, 0.4) is 0 Å². The Balaban J connectivity index is 2.44. The van der Waals surface area contributed by atoms with Gasteiger partial charge in [0.25, 0.3) is 0 Å². The predicted octanol–water partition coefficient (Wildman–Crippen LogP) is 3.51. The summed E-state index contributed by atoms with van der Waals surface area (Å²) in [7, 11) is 1.82. The average Bonchev–Trinajstić information content (AvgIpc) is 2.90. The van der Waals surface area contributed by atoms with Gasteiger partial charge in [-0.3, -0.25) is 4.57 Å². The van der Waals surface area contributed by atoms with Gasteiger partial charge in [0, 0.05) is 7.05 Å². The fourth-order valence-electron chi connectivity index (χ4n) is 2.43. The van der Waals surface area contributed by atoms with E-state index in [9.17, 15) is 4.39 Å². The van der Waals surface area contributed by atoms with E-state index in [1.807, 2.05) is 20.9 Å². The van der Waals surface area contributed by atoms with Crippen molar-refractivity contribution in [1.82, 2.24) is 19.3 Å². The number of imidazole rings is 1. The maximum Gasteiger partial charge on any atom is 0.163 e. The molecule has 3 aromatic rings. The van der Waals surface area contributed by atoms with Gasteiger partial charge in [-0.05, 0) is 26.0 Å². The van der Waals surface area contributed by atoms with Crippen LogP contribution >= 0.6 is 11.6 Å². The number of alkyl halides is 1. The number of para-hydroxylation sites is 1. The molecule has 20 heavy (non-hydrogen) atoms. The van der Waals surface area contributed by atoms with E-state index < -0.39 is 0 Å². The minimum absolute atomic E-state index is 0.316. The summed E-state index contributed by atoms with van der Waals surface area (Å²) in [4.78, 5) is 4.53. The summed E-state index contributed by atoms with van der Waals surface area (Å²) >= 11 is 6.21. The quantitative estimate of drug-likeness (QED) is 0.678. The molecule has 0 aliphatic carbocycles. The smallest absolute Gasteiger partial charge is 0.163 e. The minimum atomic E-state index is -0.332. The van der Waals surface area contributed by atoms with Crippen LogP contribution in [0.15, 0.2) is 24.3 Å². The molecule has 0 spiro atoms. The van der Waals surface area contributed by atoms with E-state index in [4.69, 9.17) is 11.6 Å². The lowest BCUT2D eigenvalue weighted by molar-refractivity contribution is 0.614. The van der Waals surface area contributed by atoms with E-state index in [-0.39, 0.29) is 11.2 Å². The van der Waals surface area contributed by atoms with Crippen molar-refractivity contribution in [3.63, 3.8) is 0 Å². The number of benzene rings is 1. The predicted molar refractivity (Wildman–Crippen MR) is 76.8 cm³/mol. The number of rotatable bonds is 2. The number of hydrogen-bond donors (Lipinski definition) is 0. The highest BCUT2D eigenvalue weighted by Crippen LogP contribution is 2.30. The van der Waals surface area contributed by atoms with Crippen LogP contribution < -0.4 is 0 Å². The second kappa shape index (κ2) is 4.59. The molecule has 4 nitrogen and oxygen atoms in total. The Morgan fingerprint density at radius 1 is 1.30 bits per heavy atom. The zero-order valence-corrected chi connectivity index (χ0v) is 12.2. The Kier molecular flexibility index (Phi) is 3.01. The first-order chi connectivity index (χ1) is 9.50. The van der Waals surface area contributed by atoms with Gasteiger partial charge in [0.2, 0.25) is 0 Å². The van der Waals surface area contributed by atoms with Crippen molar-refractivity contribution in [1.29, 1.82) is 0 Å². The number of hydrogen-bond acceptors (Lipinski definition) is 2. The van der Waals surface area contributed by atoms with Gasteiger partial charge in [-0.1, -0.05) is 12.1 Å². The van der Waals surface area contributed by atoms with Crippen molar-refractivity contribution in [2.45, 2.75) is 19.2 Å². The zero-order valence-electron chi connectivity index (χ0n) is 11.4. The molecule has 0 amide bonds. The second-order valence-corrected chi connectivity index (χ2v) is 5.41. The molecule has 104 valence electrons. The Morgan fingerprint density at radius 3 is 2.65 bits per heavy atom. The summed E-state index contributed by atoms with van der Waals surface area (Å²) < 4.78 is 17.6. The molecule has 0 fully saturated rings. The van der Waals surface area contributed by atoms with Gasteiger partial charge < -0.3 is 0 Å². The van der Waals surface area contributed by atoms with Crippen LogP contribution in [0.1, 0.15) is 23.8 Å². The first-order valence-electron chi connectivity index (χ1n) is 6.31. The second-order valence-electron chi connectivity index (χ2n) is 4.75. The van der Waals surface area contributed by atoms with Crippen molar-refractivity contribution in [2.24, 2.45) is 7.05 Å². The molecule has 2 aromatic heterocycles. The van der Waals surface area contributed by atoms with Crippen LogP contribution in [0, 0.1) is 12.7 Å². The highest BCUT2D eigenvalue weighted by molar-refractivity contribution is 6.20. The van der Waals surface area contributed by atoms with E-state index in [1.54, 1.807) is 27.4 Å². The van der Waals surface area contributed by atoms with E-state index >= 15 is 0 Å². The van der Waals surface area contributed by atoms with Gasteiger partial charge in [-0.15, -0.1) is 11.6 Å². The van der Waals surface area contributed by atoms with Gasteiger partial charge in [0.1, 0.15) is 17.2 Å². The molecule has 3 rings (SSSR count). The molecule has 0 bridgehead atoms. The van der Waals surface area contributed by atoms with Crippen LogP contribution in [0.4, 0.5) is 4.39 Å².